The van der Waals surface area contributed by atoms with Gasteiger partial charge >= 0.3 is 6.09 Å². The molecule has 0 aliphatic heterocycles. The third kappa shape index (κ3) is 11.0. The van der Waals surface area contributed by atoms with Gasteiger partial charge in [-0.05, 0) is 88.8 Å². The van der Waals surface area contributed by atoms with E-state index in [0.717, 1.165) is 28.7 Å². The van der Waals surface area contributed by atoms with Crippen LogP contribution in [0.25, 0.3) is 0 Å². The topological polar surface area (TPSA) is 115 Å². The number of benzene rings is 2. The summed E-state index contributed by atoms with van der Waals surface area (Å²) in [4.78, 5) is 30.0. The Morgan fingerprint density at radius 3 is 2.22 bits per heavy atom. The SMILES string of the molecule is COCCCc1cc(CN(C(=O)C(Cc2ccc(OCCOc3c(Cl)cc(C)cc3Cl)cc2)CN(C(=O)O)C(C)(C)C)C2CC2)c(Cl)c[n+]1[O-]. The van der Waals surface area contributed by atoms with Crippen molar-refractivity contribution in [1.29, 1.82) is 0 Å². The monoisotopic (exact) mass is 749 g/mol. The molecular formula is C37H46Cl3N3O7. The Bertz CT molecular complexity index is 1600. The average molecular weight is 751 g/mol. The van der Waals surface area contributed by atoms with E-state index in [1.165, 1.54) is 11.1 Å². The van der Waals surface area contributed by atoms with Gasteiger partial charge in [0.15, 0.2) is 17.6 Å². The van der Waals surface area contributed by atoms with Gasteiger partial charge in [-0.3, -0.25) is 4.79 Å². The second-order valence-electron chi connectivity index (χ2n) is 13.6. The molecule has 1 unspecified atom stereocenters. The molecule has 2 amide bonds. The molecule has 1 aliphatic rings. The van der Waals surface area contributed by atoms with Crippen LogP contribution in [0.15, 0.2) is 48.7 Å². The van der Waals surface area contributed by atoms with Crippen molar-refractivity contribution in [2.24, 2.45) is 5.92 Å². The number of hydrogen-bond acceptors (Lipinski definition) is 6. The van der Waals surface area contributed by atoms with Crippen molar-refractivity contribution in [1.82, 2.24) is 9.80 Å². The Hall–Kier alpha value is -3.44. The van der Waals surface area contributed by atoms with Gasteiger partial charge in [-0.15, -0.1) is 0 Å². The van der Waals surface area contributed by atoms with Crippen LogP contribution in [0.1, 0.15) is 62.4 Å². The molecule has 1 N–H and O–H groups in total. The third-order valence-corrected chi connectivity index (χ3v) is 9.40. The number of pyridine rings is 1. The van der Waals surface area contributed by atoms with E-state index >= 15 is 0 Å². The van der Waals surface area contributed by atoms with Gasteiger partial charge in [0.1, 0.15) is 24.0 Å². The Balaban J connectivity index is 1.50. The Morgan fingerprint density at radius 2 is 1.64 bits per heavy atom. The zero-order valence-corrected chi connectivity index (χ0v) is 31.5. The van der Waals surface area contributed by atoms with Crippen LogP contribution in [0.2, 0.25) is 15.1 Å². The summed E-state index contributed by atoms with van der Waals surface area (Å²) in [5, 5.41) is 23.8. The largest absolute Gasteiger partial charge is 0.618 e. The summed E-state index contributed by atoms with van der Waals surface area (Å²) in [6.45, 7) is 8.54. The maximum absolute atomic E-state index is 14.4. The molecule has 10 nitrogen and oxygen atoms in total. The van der Waals surface area contributed by atoms with E-state index in [2.05, 4.69) is 0 Å². The second-order valence-corrected chi connectivity index (χ2v) is 14.8. The van der Waals surface area contributed by atoms with E-state index in [-0.39, 0.29) is 43.3 Å². The number of aromatic nitrogens is 1. The number of carbonyl (C=O) groups is 2. The average Bonchev–Trinajstić information content (AvgIpc) is 3.88. The van der Waals surface area contributed by atoms with E-state index in [4.69, 9.17) is 49.0 Å². The summed E-state index contributed by atoms with van der Waals surface area (Å²) in [6.07, 6.45) is 3.39. The number of aryl methyl sites for hydroxylation is 2. The molecular weight excluding hydrogens is 705 g/mol. The lowest BCUT2D eigenvalue weighted by Gasteiger charge is -2.37. The van der Waals surface area contributed by atoms with Crippen molar-refractivity contribution in [3.05, 3.63) is 91.3 Å². The molecule has 1 aliphatic carbocycles. The molecule has 1 heterocycles. The molecule has 4 rings (SSSR count). The fourth-order valence-corrected chi connectivity index (χ4v) is 6.63. The summed E-state index contributed by atoms with van der Waals surface area (Å²) in [5.41, 5.74) is 2.27. The molecule has 1 aromatic heterocycles. The smallest absolute Gasteiger partial charge is 0.407 e. The Labute approximate surface area is 309 Å². The standard InChI is InChI=1S/C37H46Cl3N3O7/c1-24-17-31(38)34(32(39)18-24)50-16-15-49-30-12-8-25(9-13-30)19-27(22-42(36(45)46)37(2,3)4)35(44)41(28-10-11-28)21-26-20-29(7-6-14-48-5)43(47)23-33(26)40/h8-9,12-13,17-18,20,23,27-28H,6-7,10-11,14-16,19,21-22H2,1-5H3,(H,45,46). The lowest BCUT2D eigenvalue weighted by molar-refractivity contribution is -0.614. The first-order valence-electron chi connectivity index (χ1n) is 16.7. The van der Waals surface area contributed by atoms with Gasteiger partial charge < -0.3 is 34.3 Å². The van der Waals surface area contributed by atoms with Crippen molar-refractivity contribution < 1.29 is 33.6 Å². The fraction of sp³-hybridized carbons (Fsp3) is 0.486. The van der Waals surface area contributed by atoms with Gasteiger partial charge in [-0.1, -0.05) is 46.9 Å². The molecule has 1 fully saturated rings. The number of carboxylic acid groups (broad SMARTS) is 1. The van der Waals surface area contributed by atoms with Gasteiger partial charge in [-0.2, -0.15) is 4.73 Å². The van der Waals surface area contributed by atoms with Gasteiger partial charge in [0.2, 0.25) is 5.91 Å². The highest BCUT2D eigenvalue weighted by atomic mass is 35.5. The number of rotatable bonds is 17. The van der Waals surface area contributed by atoms with Gasteiger partial charge in [0.05, 0.1) is 16.0 Å². The lowest BCUT2D eigenvalue weighted by Crippen LogP contribution is -2.51. The van der Waals surface area contributed by atoms with Crippen LogP contribution in [-0.2, 0) is 28.9 Å². The highest BCUT2D eigenvalue weighted by Gasteiger charge is 2.39. The van der Waals surface area contributed by atoms with E-state index in [1.807, 2.05) is 52.0 Å². The van der Waals surface area contributed by atoms with Crippen LogP contribution in [-0.4, -0.2) is 72.0 Å². The summed E-state index contributed by atoms with van der Waals surface area (Å²) >= 11 is 19.1. The zero-order valence-electron chi connectivity index (χ0n) is 29.2. The van der Waals surface area contributed by atoms with E-state index in [1.54, 1.807) is 30.2 Å². The van der Waals surface area contributed by atoms with Crippen molar-refractivity contribution in [3.63, 3.8) is 0 Å². The van der Waals surface area contributed by atoms with E-state index in [0.29, 0.717) is 58.7 Å². The number of hydrogen-bond donors (Lipinski definition) is 1. The van der Waals surface area contributed by atoms with Crippen molar-refractivity contribution in [2.45, 2.75) is 77.9 Å². The molecule has 0 saturated heterocycles. The molecule has 1 saturated carbocycles. The maximum atomic E-state index is 14.4. The quantitative estimate of drug-likeness (QED) is 0.0853. The molecule has 0 spiro atoms. The first-order valence-corrected chi connectivity index (χ1v) is 17.8. The van der Waals surface area contributed by atoms with Crippen LogP contribution in [0.4, 0.5) is 4.79 Å². The van der Waals surface area contributed by atoms with Crippen LogP contribution >= 0.6 is 34.8 Å². The summed E-state index contributed by atoms with van der Waals surface area (Å²) < 4.78 is 17.5. The highest BCUT2D eigenvalue weighted by Crippen LogP contribution is 2.35. The minimum absolute atomic E-state index is 0.00591. The van der Waals surface area contributed by atoms with Crippen molar-refractivity contribution in [2.75, 3.05) is 33.5 Å². The summed E-state index contributed by atoms with van der Waals surface area (Å²) in [6, 6.07) is 12.7. The van der Waals surface area contributed by atoms with E-state index < -0.39 is 17.6 Å². The third-order valence-electron chi connectivity index (χ3n) is 8.49. The number of carbonyl (C=O) groups excluding carboxylic acids is 1. The second kappa shape index (κ2) is 17.7. The predicted octanol–water partition coefficient (Wildman–Crippen LogP) is 7.75. The number of methoxy groups -OCH3 is 1. The molecule has 272 valence electrons. The summed E-state index contributed by atoms with van der Waals surface area (Å²) in [7, 11) is 1.61. The van der Waals surface area contributed by atoms with Gasteiger partial charge in [0, 0.05) is 56.4 Å². The zero-order chi connectivity index (χ0) is 36.6. The number of halogens is 3. The minimum atomic E-state index is -1.10. The first-order chi connectivity index (χ1) is 23.7. The molecule has 2 aromatic carbocycles. The fourth-order valence-electron chi connectivity index (χ4n) is 5.72. The lowest BCUT2D eigenvalue weighted by atomic mass is 9.94. The molecule has 0 radical (unpaired) electrons. The van der Waals surface area contributed by atoms with E-state index in [9.17, 15) is 19.9 Å². The number of ether oxygens (including phenoxy) is 3. The van der Waals surface area contributed by atoms with Crippen molar-refractivity contribution >= 4 is 46.8 Å². The first kappa shape index (κ1) is 39.3. The van der Waals surface area contributed by atoms with Crippen LogP contribution < -0.4 is 14.2 Å². The Kier molecular flexibility index (Phi) is 13.9. The number of nitrogens with zero attached hydrogens (tertiary/aromatic N) is 3. The van der Waals surface area contributed by atoms with Crippen LogP contribution in [0.5, 0.6) is 11.5 Å². The highest BCUT2D eigenvalue weighted by molar-refractivity contribution is 6.37. The molecule has 0 bridgehead atoms. The van der Waals surface area contributed by atoms with Crippen molar-refractivity contribution in [3.8, 4) is 11.5 Å². The summed E-state index contributed by atoms with van der Waals surface area (Å²) in [5.74, 6) is 0.178. The molecule has 13 heteroatoms. The number of amides is 2. The van der Waals surface area contributed by atoms with Crippen LogP contribution in [0, 0.1) is 18.0 Å². The predicted molar refractivity (Wildman–Crippen MR) is 194 cm³/mol. The van der Waals surface area contributed by atoms with Crippen LogP contribution in [0.3, 0.4) is 0 Å². The maximum Gasteiger partial charge on any atom is 0.407 e. The Morgan fingerprint density at radius 1 is 1.00 bits per heavy atom. The van der Waals surface area contributed by atoms with Gasteiger partial charge in [0.25, 0.3) is 0 Å². The minimum Gasteiger partial charge on any atom is -0.618 e. The molecule has 50 heavy (non-hydrogen) atoms. The van der Waals surface area contributed by atoms with Gasteiger partial charge in [-0.25, -0.2) is 4.79 Å². The molecule has 1 atom stereocenters. The normalized spacial score (nSPS) is 13.5. The molecule has 3 aromatic rings.